The highest BCUT2D eigenvalue weighted by Crippen LogP contribution is 2.35. The van der Waals surface area contributed by atoms with Crippen LogP contribution in [0.4, 0.5) is 0 Å². The van der Waals surface area contributed by atoms with E-state index in [9.17, 15) is 8.42 Å². The predicted octanol–water partition coefficient (Wildman–Crippen LogP) is 1.57. The van der Waals surface area contributed by atoms with Gasteiger partial charge < -0.3 is 10.3 Å². The summed E-state index contributed by atoms with van der Waals surface area (Å²) in [6.45, 7) is 0. The first-order valence-electron chi connectivity index (χ1n) is 6.80. The molecule has 1 heterocycles. The average Bonchev–Trinajstić information content (AvgIpc) is 2.92. The number of nitrogens with zero attached hydrogens (tertiary/aromatic N) is 2. The molecular formula is C14H19N3O2S. The Kier molecular flexibility index (Phi) is 3.10. The third-order valence-electron chi connectivity index (χ3n) is 4.21. The largest absolute Gasteiger partial charge is 0.331 e. The lowest BCUT2D eigenvalue weighted by atomic mass is 10.0. The summed E-state index contributed by atoms with van der Waals surface area (Å²) in [7, 11) is -1.34. The van der Waals surface area contributed by atoms with Crippen LogP contribution in [0.25, 0.3) is 11.0 Å². The van der Waals surface area contributed by atoms with Crippen molar-refractivity contribution in [3.8, 4) is 0 Å². The number of hydrogen-bond donors (Lipinski definition) is 1. The molecule has 2 N–H and O–H groups in total. The number of benzene rings is 1. The van der Waals surface area contributed by atoms with Gasteiger partial charge in [-0.2, -0.15) is 0 Å². The summed E-state index contributed by atoms with van der Waals surface area (Å²) in [5.41, 5.74) is 7.56. The molecule has 1 aliphatic rings. The summed E-state index contributed by atoms with van der Waals surface area (Å²) in [4.78, 5) is 4.91. The number of fused-ring (bicyclic) bond motifs is 1. The van der Waals surface area contributed by atoms with Crippen molar-refractivity contribution < 1.29 is 8.42 Å². The topological polar surface area (TPSA) is 78.0 Å². The molecule has 2 aromatic rings. The van der Waals surface area contributed by atoms with Gasteiger partial charge in [0.05, 0.1) is 10.4 Å². The molecular weight excluding hydrogens is 274 g/mol. The summed E-state index contributed by atoms with van der Waals surface area (Å²) >= 11 is 0. The molecule has 1 aromatic carbocycles. The third kappa shape index (κ3) is 2.03. The Morgan fingerprint density at radius 2 is 2.10 bits per heavy atom. The third-order valence-corrected chi connectivity index (χ3v) is 5.34. The van der Waals surface area contributed by atoms with Gasteiger partial charge in [-0.1, -0.05) is 12.5 Å². The quantitative estimate of drug-likeness (QED) is 0.911. The molecule has 1 fully saturated rings. The van der Waals surface area contributed by atoms with E-state index in [0.29, 0.717) is 10.4 Å². The van der Waals surface area contributed by atoms with Crippen LogP contribution < -0.4 is 5.73 Å². The van der Waals surface area contributed by atoms with Crippen molar-refractivity contribution >= 4 is 20.9 Å². The number of hydrogen-bond acceptors (Lipinski definition) is 4. The molecule has 0 spiro atoms. The molecule has 0 radical (unpaired) electrons. The minimum atomic E-state index is -3.28. The van der Waals surface area contributed by atoms with Crippen molar-refractivity contribution in [3.63, 3.8) is 0 Å². The molecule has 1 aliphatic carbocycles. The van der Waals surface area contributed by atoms with Crippen LogP contribution in [0.2, 0.25) is 0 Å². The van der Waals surface area contributed by atoms with Crippen LogP contribution in [0.3, 0.4) is 0 Å². The summed E-state index contributed by atoms with van der Waals surface area (Å²) in [6, 6.07) is 5.40. The smallest absolute Gasteiger partial charge is 0.177 e. The molecule has 2 atom stereocenters. The number of rotatable bonds is 2. The minimum Gasteiger partial charge on any atom is -0.331 e. The fraction of sp³-hybridized carbons (Fsp3) is 0.500. The summed E-state index contributed by atoms with van der Waals surface area (Å²) in [6.07, 6.45) is 4.35. The highest BCUT2D eigenvalue weighted by atomic mass is 32.2. The number of aromatic nitrogens is 2. The molecule has 3 rings (SSSR count). The normalized spacial score (nSPS) is 23.6. The standard InChI is InChI=1S/C14H19N3O2S/c1-17-11-7-4-8-12(20(2,18)19)13(11)16-14(17)9-5-3-6-10(9)15/h4,7-10H,3,5-6,15H2,1-2H3. The Labute approximate surface area is 118 Å². The first-order valence-corrected chi connectivity index (χ1v) is 8.69. The van der Waals surface area contributed by atoms with E-state index >= 15 is 0 Å². The van der Waals surface area contributed by atoms with Crippen LogP contribution in [-0.2, 0) is 16.9 Å². The van der Waals surface area contributed by atoms with Gasteiger partial charge in [-0.3, -0.25) is 0 Å². The fourth-order valence-electron chi connectivity index (χ4n) is 3.15. The Hall–Kier alpha value is -1.40. The van der Waals surface area contributed by atoms with Gasteiger partial charge in [-0.25, -0.2) is 13.4 Å². The molecule has 2 unspecified atom stereocenters. The second kappa shape index (κ2) is 4.56. The van der Waals surface area contributed by atoms with Gasteiger partial charge in [0.25, 0.3) is 0 Å². The Balaban J connectivity index is 2.24. The summed E-state index contributed by atoms with van der Waals surface area (Å²) in [5.74, 6) is 1.13. The maximum atomic E-state index is 11.9. The second-order valence-electron chi connectivity index (χ2n) is 5.63. The van der Waals surface area contributed by atoms with Gasteiger partial charge in [-0.05, 0) is 25.0 Å². The number of sulfone groups is 1. The molecule has 108 valence electrons. The Bertz CT molecular complexity index is 764. The number of imidazole rings is 1. The van der Waals surface area contributed by atoms with E-state index in [2.05, 4.69) is 4.98 Å². The van der Waals surface area contributed by atoms with Crippen molar-refractivity contribution in [3.05, 3.63) is 24.0 Å². The van der Waals surface area contributed by atoms with E-state index in [1.54, 1.807) is 12.1 Å². The first kappa shape index (κ1) is 13.6. The Morgan fingerprint density at radius 1 is 1.35 bits per heavy atom. The van der Waals surface area contributed by atoms with Crippen LogP contribution >= 0.6 is 0 Å². The lowest BCUT2D eigenvalue weighted by molar-refractivity contribution is 0.565. The van der Waals surface area contributed by atoms with E-state index in [1.807, 2.05) is 17.7 Å². The van der Waals surface area contributed by atoms with Gasteiger partial charge in [0.15, 0.2) is 9.84 Å². The van der Waals surface area contributed by atoms with Crippen LogP contribution in [0.15, 0.2) is 23.1 Å². The maximum Gasteiger partial charge on any atom is 0.177 e. The zero-order valence-electron chi connectivity index (χ0n) is 11.7. The van der Waals surface area contributed by atoms with Gasteiger partial charge >= 0.3 is 0 Å². The lowest BCUT2D eigenvalue weighted by Crippen LogP contribution is -2.24. The minimum absolute atomic E-state index is 0.118. The van der Waals surface area contributed by atoms with Crippen LogP contribution in [-0.4, -0.2) is 30.3 Å². The van der Waals surface area contributed by atoms with Crippen LogP contribution in [0, 0.1) is 0 Å². The number of para-hydroxylation sites is 1. The average molecular weight is 293 g/mol. The molecule has 5 nitrogen and oxygen atoms in total. The molecule has 1 saturated carbocycles. The molecule has 0 aliphatic heterocycles. The summed E-state index contributed by atoms with van der Waals surface area (Å²) in [5, 5.41) is 0. The summed E-state index contributed by atoms with van der Waals surface area (Å²) < 4.78 is 25.7. The maximum absolute atomic E-state index is 11.9. The zero-order valence-corrected chi connectivity index (χ0v) is 12.5. The first-order chi connectivity index (χ1) is 9.39. The van der Waals surface area contributed by atoms with E-state index in [4.69, 9.17) is 5.73 Å². The van der Waals surface area contributed by atoms with E-state index in [0.717, 1.165) is 30.6 Å². The van der Waals surface area contributed by atoms with E-state index in [1.165, 1.54) is 6.26 Å². The van der Waals surface area contributed by atoms with Crippen molar-refractivity contribution in [1.29, 1.82) is 0 Å². The highest BCUT2D eigenvalue weighted by Gasteiger charge is 2.30. The SMILES string of the molecule is Cn1c(C2CCCC2N)nc2c(S(C)(=O)=O)cccc21. The number of aryl methyl sites for hydroxylation is 1. The van der Waals surface area contributed by atoms with Crippen molar-refractivity contribution in [2.45, 2.75) is 36.1 Å². The van der Waals surface area contributed by atoms with Crippen LogP contribution in [0.5, 0.6) is 0 Å². The van der Waals surface area contributed by atoms with Gasteiger partial charge in [-0.15, -0.1) is 0 Å². The van der Waals surface area contributed by atoms with Crippen molar-refractivity contribution in [2.75, 3.05) is 6.26 Å². The molecule has 20 heavy (non-hydrogen) atoms. The molecule has 0 bridgehead atoms. The number of nitrogens with two attached hydrogens (primary N) is 1. The highest BCUT2D eigenvalue weighted by molar-refractivity contribution is 7.91. The van der Waals surface area contributed by atoms with Crippen molar-refractivity contribution in [1.82, 2.24) is 9.55 Å². The van der Waals surface area contributed by atoms with Gasteiger partial charge in [0.2, 0.25) is 0 Å². The molecule has 0 saturated heterocycles. The second-order valence-corrected chi connectivity index (χ2v) is 7.61. The molecule has 6 heteroatoms. The van der Waals surface area contributed by atoms with Crippen LogP contribution in [0.1, 0.15) is 31.0 Å². The van der Waals surface area contributed by atoms with E-state index in [-0.39, 0.29) is 12.0 Å². The van der Waals surface area contributed by atoms with Gasteiger partial charge in [0.1, 0.15) is 11.3 Å². The van der Waals surface area contributed by atoms with Crippen molar-refractivity contribution in [2.24, 2.45) is 12.8 Å². The monoisotopic (exact) mass is 293 g/mol. The molecule has 0 amide bonds. The van der Waals surface area contributed by atoms with E-state index < -0.39 is 9.84 Å². The Morgan fingerprint density at radius 3 is 2.70 bits per heavy atom. The molecule has 1 aromatic heterocycles. The lowest BCUT2D eigenvalue weighted by Gasteiger charge is -2.14. The predicted molar refractivity (Wildman–Crippen MR) is 78.4 cm³/mol. The zero-order chi connectivity index (χ0) is 14.5. The van der Waals surface area contributed by atoms with Gasteiger partial charge in [0, 0.05) is 25.3 Å². The fourth-order valence-corrected chi connectivity index (χ4v) is 3.97.